The zero-order valence-electron chi connectivity index (χ0n) is 7.98. The number of aliphatic hydroxyl groups excluding tert-OH is 1. The molecular weight excluding hydrogens is 260 g/mol. The average Bonchev–Trinajstić information content (AvgIpc) is 2.17. The van der Waals surface area contributed by atoms with E-state index in [0.29, 0.717) is 6.42 Å². The Morgan fingerprint density at radius 1 is 1.40 bits per heavy atom. The first-order chi connectivity index (χ1) is 7.13. The summed E-state index contributed by atoms with van der Waals surface area (Å²) < 4.78 is 0.728. The highest BCUT2D eigenvalue weighted by molar-refractivity contribution is 9.10. The van der Waals surface area contributed by atoms with Crippen LogP contribution < -0.4 is 0 Å². The third-order valence-corrected chi connectivity index (χ3v) is 2.23. The van der Waals surface area contributed by atoms with Crippen LogP contribution in [0.15, 0.2) is 28.7 Å². The molecule has 1 aromatic carbocycles. The van der Waals surface area contributed by atoms with Crippen LogP contribution >= 0.6 is 15.9 Å². The molecule has 0 atom stereocenters. The summed E-state index contributed by atoms with van der Waals surface area (Å²) in [6.45, 7) is 0.0935. The first-order valence-electron chi connectivity index (χ1n) is 4.45. The number of aliphatic hydroxyl groups is 1. The van der Waals surface area contributed by atoms with Crippen molar-refractivity contribution in [3.05, 3.63) is 39.9 Å². The molecule has 80 valence electrons. The van der Waals surface area contributed by atoms with Crippen molar-refractivity contribution in [2.24, 2.45) is 0 Å². The van der Waals surface area contributed by atoms with Gasteiger partial charge in [0.25, 0.3) is 0 Å². The van der Waals surface area contributed by atoms with Gasteiger partial charge in [-0.15, -0.1) is 0 Å². The zero-order valence-corrected chi connectivity index (χ0v) is 9.57. The lowest BCUT2D eigenvalue weighted by molar-refractivity contribution is 0.0697. The topological polar surface area (TPSA) is 57.5 Å². The Labute approximate surface area is 96.2 Å². The normalized spacial score (nSPS) is 10.8. The molecule has 0 aromatic heterocycles. The second kappa shape index (κ2) is 5.68. The largest absolute Gasteiger partial charge is 0.478 e. The molecule has 1 aromatic rings. The number of hydrogen-bond donors (Lipinski definition) is 2. The highest BCUT2D eigenvalue weighted by atomic mass is 79.9. The third-order valence-electron chi connectivity index (χ3n) is 1.77. The van der Waals surface area contributed by atoms with Crippen LogP contribution in [0.3, 0.4) is 0 Å². The molecule has 0 saturated heterocycles. The minimum absolute atomic E-state index is 0.0935. The fraction of sp³-hybridized carbons (Fsp3) is 0.182. The maximum atomic E-state index is 10.8. The first kappa shape index (κ1) is 11.9. The van der Waals surface area contributed by atoms with E-state index in [1.165, 1.54) is 0 Å². The summed E-state index contributed by atoms with van der Waals surface area (Å²) in [4.78, 5) is 10.8. The molecule has 0 radical (unpaired) electrons. The van der Waals surface area contributed by atoms with Crippen molar-refractivity contribution in [2.45, 2.75) is 6.42 Å². The lowest BCUT2D eigenvalue weighted by Crippen LogP contribution is -1.96. The molecule has 0 heterocycles. The monoisotopic (exact) mass is 270 g/mol. The molecule has 4 heteroatoms. The van der Waals surface area contributed by atoms with E-state index in [1.807, 2.05) is 6.07 Å². The van der Waals surface area contributed by atoms with E-state index in [4.69, 9.17) is 10.2 Å². The lowest BCUT2D eigenvalue weighted by atomic mass is 10.1. The highest BCUT2D eigenvalue weighted by Gasteiger charge is 2.04. The minimum Gasteiger partial charge on any atom is -0.478 e. The van der Waals surface area contributed by atoms with E-state index in [1.54, 1.807) is 24.3 Å². The second-order valence-electron chi connectivity index (χ2n) is 2.99. The van der Waals surface area contributed by atoms with Gasteiger partial charge in [0.2, 0.25) is 0 Å². The summed E-state index contributed by atoms with van der Waals surface area (Å²) in [5.74, 6) is -0.951. The van der Waals surface area contributed by atoms with Gasteiger partial charge < -0.3 is 10.2 Å². The van der Waals surface area contributed by atoms with Gasteiger partial charge in [0, 0.05) is 11.1 Å². The van der Waals surface area contributed by atoms with Gasteiger partial charge in [0.05, 0.1) is 5.56 Å². The number of halogens is 1. The molecule has 0 bridgehead atoms. The van der Waals surface area contributed by atoms with E-state index < -0.39 is 5.97 Å². The van der Waals surface area contributed by atoms with Gasteiger partial charge in [-0.25, -0.2) is 4.79 Å². The quantitative estimate of drug-likeness (QED) is 0.884. The second-order valence-corrected chi connectivity index (χ2v) is 3.91. The standard InChI is InChI=1S/C11H11BrO3/c12-10-6-8(3-1-2-4-13)5-9(7-10)11(14)15/h1,3,5-7,13H,2,4H2,(H,14,15). The highest BCUT2D eigenvalue weighted by Crippen LogP contribution is 2.17. The molecule has 0 saturated carbocycles. The predicted octanol–water partition coefficient (Wildman–Crippen LogP) is 2.54. The van der Waals surface area contributed by atoms with Crippen LogP contribution in [-0.4, -0.2) is 22.8 Å². The van der Waals surface area contributed by atoms with E-state index in [2.05, 4.69) is 15.9 Å². The number of carbonyl (C=O) groups is 1. The maximum absolute atomic E-state index is 10.8. The van der Waals surface area contributed by atoms with Crippen molar-refractivity contribution < 1.29 is 15.0 Å². The van der Waals surface area contributed by atoms with Crippen LogP contribution in [0.1, 0.15) is 22.3 Å². The fourth-order valence-electron chi connectivity index (χ4n) is 1.13. The van der Waals surface area contributed by atoms with Crippen molar-refractivity contribution >= 4 is 28.0 Å². The summed E-state index contributed by atoms with van der Waals surface area (Å²) in [7, 11) is 0. The Bertz CT molecular complexity index is 385. The molecule has 0 aliphatic rings. The van der Waals surface area contributed by atoms with Gasteiger partial charge in [-0.3, -0.25) is 0 Å². The van der Waals surface area contributed by atoms with Crippen molar-refractivity contribution in [3.8, 4) is 0 Å². The van der Waals surface area contributed by atoms with Crippen LogP contribution in [-0.2, 0) is 0 Å². The number of carboxylic acid groups (broad SMARTS) is 1. The molecule has 15 heavy (non-hydrogen) atoms. The van der Waals surface area contributed by atoms with Crippen LogP contribution in [0, 0.1) is 0 Å². The molecule has 0 amide bonds. The summed E-state index contributed by atoms with van der Waals surface area (Å²) in [5.41, 5.74) is 1.04. The van der Waals surface area contributed by atoms with Gasteiger partial charge in [0.15, 0.2) is 0 Å². The van der Waals surface area contributed by atoms with Gasteiger partial charge >= 0.3 is 5.97 Å². The van der Waals surface area contributed by atoms with Gasteiger partial charge in [-0.1, -0.05) is 28.1 Å². The first-order valence-corrected chi connectivity index (χ1v) is 5.24. The number of carboxylic acids is 1. The summed E-state index contributed by atoms with van der Waals surface area (Å²) in [6, 6.07) is 4.95. The van der Waals surface area contributed by atoms with Crippen LogP contribution in [0.2, 0.25) is 0 Å². The van der Waals surface area contributed by atoms with Gasteiger partial charge in [0.1, 0.15) is 0 Å². The van der Waals surface area contributed by atoms with Gasteiger partial charge in [-0.05, 0) is 30.2 Å². The van der Waals surface area contributed by atoms with Crippen molar-refractivity contribution in [1.82, 2.24) is 0 Å². The van der Waals surface area contributed by atoms with Crippen LogP contribution in [0.5, 0.6) is 0 Å². The fourth-order valence-corrected chi connectivity index (χ4v) is 1.64. The third kappa shape index (κ3) is 3.85. The molecule has 0 aliphatic heterocycles. The summed E-state index contributed by atoms with van der Waals surface area (Å²) in [6.07, 6.45) is 4.15. The molecule has 0 spiro atoms. The van der Waals surface area contributed by atoms with Crippen LogP contribution in [0.4, 0.5) is 0 Å². The SMILES string of the molecule is O=C(O)c1cc(Br)cc(C=CCCO)c1. The number of aromatic carboxylic acids is 1. The van der Waals surface area contributed by atoms with E-state index in [-0.39, 0.29) is 12.2 Å². The van der Waals surface area contributed by atoms with E-state index in [9.17, 15) is 4.79 Å². The number of rotatable bonds is 4. The van der Waals surface area contributed by atoms with E-state index in [0.717, 1.165) is 10.0 Å². The van der Waals surface area contributed by atoms with E-state index >= 15 is 0 Å². The molecule has 3 nitrogen and oxygen atoms in total. The lowest BCUT2D eigenvalue weighted by Gasteiger charge is -1.99. The Kier molecular flexibility index (Phi) is 4.52. The molecule has 0 aliphatic carbocycles. The van der Waals surface area contributed by atoms with Crippen molar-refractivity contribution in [3.63, 3.8) is 0 Å². The summed E-state index contributed by atoms with van der Waals surface area (Å²) >= 11 is 3.24. The Hall–Kier alpha value is -1.13. The minimum atomic E-state index is -0.951. The van der Waals surface area contributed by atoms with Crippen LogP contribution in [0.25, 0.3) is 6.08 Å². The number of hydrogen-bond acceptors (Lipinski definition) is 2. The molecular formula is C11H11BrO3. The zero-order chi connectivity index (χ0) is 11.3. The Morgan fingerprint density at radius 3 is 2.73 bits per heavy atom. The molecule has 1 rings (SSSR count). The van der Waals surface area contributed by atoms with Crippen molar-refractivity contribution in [2.75, 3.05) is 6.61 Å². The molecule has 2 N–H and O–H groups in total. The molecule has 0 unspecified atom stereocenters. The smallest absolute Gasteiger partial charge is 0.335 e. The average molecular weight is 271 g/mol. The maximum Gasteiger partial charge on any atom is 0.335 e. The van der Waals surface area contributed by atoms with Crippen molar-refractivity contribution in [1.29, 1.82) is 0 Å². The summed E-state index contributed by atoms with van der Waals surface area (Å²) in [5, 5.41) is 17.4. The molecule has 0 fully saturated rings. The Balaban J connectivity index is 2.93. The van der Waals surface area contributed by atoms with Gasteiger partial charge in [-0.2, -0.15) is 0 Å². The number of benzene rings is 1. The Morgan fingerprint density at radius 2 is 2.13 bits per heavy atom. The predicted molar refractivity (Wildman–Crippen MR) is 61.8 cm³/mol.